The van der Waals surface area contributed by atoms with Crippen molar-refractivity contribution in [2.75, 3.05) is 12.3 Å². The molecule has 1 aromatic heterocycles. The summed E-state index contributed by atoms with van der Waals surface area (Å²) in [5, 5.41) is 7.60. The lowest BCUT2D eigenvalue weighted by molar-refractivity contribution is 0.152. The highest BCUT2D eigenvalue weighted by Crippen LogP contribution is 2.23. The Morgan fingerprint density at radius 3 is 2.71 bits per heavy atom. The van der Waals surface area contributed by atoms with Crippen LogP contribution in [0, 0.1) is 0 Å². The van der Waals surface area contributed by atoms with Crippen LogP contribution in [-0.4, -0.2) is 27.7 Å². The highest BCUT2D eigenvalue weighted by atomic mass is 16.4. The zero-order valence-corrected chi connectivity index (χ0v) is 10.1. The molecule has 0 saturated heterocycles. The lowest BCUT2D eigenvalue weighted by Crippen LogP contribution is -2.36. The summed E-state index contributed by atoms with van der Waals surface area (Å²) in [6.45, 7) is 5.33. The fourth-order valence-corrected chi connectivity index (χ4v) is 2.46. The van der Waals surface area contributed by atoms with Crippen molar-refractivity contribution in [3.63, 3.8) is 0 Å². The Morgan fingerprint density at radius 2 is 2.12 bits per heavy atom. The van der Waals surface area contributed by atoms with Crippen molar-refractivity contribution in [1.29, 1.82) is 0 Å². The Kier molecular flexibility index (Phi) is 4.14. The Bertz CT molecular complexity index is 357. The maximum Gasteiger partial charge on any atom is 0.312 e. The third-order valence-electron chi connectivity index (χ3n) is 3.28. The van der Waals surface area contributed by atoms with Crippen LogP contribution in [0.3, 0.4) is 0 Å². The zero-order chi connectivity index (χ0) is 12.1. The van der Waals surface area contributed by atoms with E-state index in [0.29, 0.717) is 18.5 Å². The predicted octanol–water partition coefficient (Wildman–Crippen LogP) is 1.97. The summed E-state index contributed by atoms with van der Waals surface area (Å²) in [5.41, 5.74) is 5.43. The van der Waals surface area contributed by atoms with Crippen molar-refractivity contribution < 1.29 is 4.42 Å². The first-order valence-corrected chi connectivity index (χ1v) is 6.22. The predicted molar refractivity (Wildman–Crippen MR) is 66.2 cm³/mol. The minimum Gasteiger partial charge on any atom is -0.407 e. The second kappa shape index (κ2) is 5.82. The Hall–Kier alpha value is -1.36. The molecule has 0 atom stereocenters. The molecule has 0 unspecified atom stereocenters. The molecule has 1 saturated carbocycles. The molecule has 1 aromatic rings. The molecular formula is C12H20N4O. The number of nitrogens with zero attached hydrogens (tertiary/aromatic N) is 3. The summed E-state index contributed by atoms with van der Waals surface area (Å²) in [5.74, 6) is 0.593. The Morgan fingerprint density at radius 1 is 1.35 bits per heavy atom. The Labute approximate surface area is 102 Å². The van der Waals surface area contributed by atoms with Gasteiger partial charge in [0, 0.05) is 12.6 Å². The molecular weight excluding hydrogens is 216 g/mol. The second-order valence-corrected chi connectivity index (χ2v) is 4.54. The van der Waals surface area contributed by atoms with Gasteiger partial charge < -0.3 is 10.2 Å². The van der Waals surface area contributed by atoms with Crippen molar-refractivity contribution >= 4 is 6.01 Å². The number of anilines is 1. The largest absolute Gasteiger partial charge is 0.407 e. The van der Waals surface area contributed by atoms with Gasteiger partial charge in [0.1, 0.15) is 0 Å². The van der Waals surface area contributed by atoms with E-state index in [9.17, 15) is 0 Å². The molecule has 0 spiro atoms. The lowest BCUT2D eigenvalue weighted by Gasteiger charge is -2.32. The molecule has 94 valence electrons. The summed E-state index contributed by atoms with van der Waals surface area (Å²) in [4.78, 5) is 2.35. The van der Waals surface area contributed by atoms with Crippen LogP contribution in [0.15, 0.2) is 17.1 Å². The van der Waals surface area contributed by atoms with Gasteiger partial charge in [-0.25, -0.2) is 0 Å². The maximum absolute atomic E-state index is 5.43. The van der Waals surface area contributed by atoms with Gasteiger partial charge in [-0.1, -0.05) is 30.4 Å². The van der Waals surface area contributed by atoms with Crippen LogP contribution in [0.4, 0.5) is 6.01 Å². The van der Waals surface area contributed by atoms with Crippen molar-refractivity contribution in [3.8, 4) is 0 Å². The van der Waals surface area contributed by atoms with Crippen molar-refractivity contribution in [1.82, 2.24) is 15.1 Å². The molecule has 17 heavy (non-hydrogen) atoms. The summed E-state index contributed by atoms with van der Waals surface area (Å²) >= 11 is 0. The molecule has 0 aromatic carbocycles. The molecule has 2 rings (SSSR count). The number of hydrogen-bond donors (Lipinski definition) is 1. The second-order valence-electron chi connectivity index (χ2n) is 4.54. The van der Waals surface area contributed by atoms with E-state index in [2.05, 4.69) is 21.7 Å². The molecule has 2 N–H and O–H groups in total. The van der Waals surface area contributed by atoms with E-state index in [1.165, 1.54) is 32.1 Å². The molecule has 0 radical (unpaired) electrons. The van der Waals surface area contributed by atoms with Gasteiger partial charge >= 0.3 is 6.01 Å². The first-order valence-electron chi connectivity index (χ1n) is 6.22. The molecule has 0 amide bonds. The third-order valence-corrected chi connectivity index (χ3v) is 3.28. The highest BCUT2D eigenvalue weighted by Gasteiger charge is 2.21. The molecule has 5 nitrogen and oxygen atoms in total. The standard InChI is InChI=1S/C12H20N4O/c1-2-8-16(10-6-4-3-5-7-10)9-11-14-15-12(13)17-11/h2,10H,1,3-9H2,(H2,13,15). The number of nitrogens with two attached hydrogens (primary N) is 1. The first-order chi connectivity index (χ1) is 8.29. The normalized spacial score (nSPS) is 17.5. The van der Waals surface area contributed by atoms with Crippen LogP contribution in [0.2, 0.25) is 0 Å². The van der Waals surface area contributed by atoms with E-state index in [4.69, 9.17) is 10.2 Å². The topological polar surface area (TPSA) is 68.2 Å². The molecule has 1 heterocycles. The van der Waals surface area contributed by atoms with Gasteiger partial charge in [-0.15, -0.1) is 11.7 Å². The van der Waals surface area contributed by atoms with Crippen LogP contribution in [0.25, 0.3) is 0 Å². The quantitative estimate of drug-likeness (QED) is 0.792. The molecule has 5 heteroatoms. The van der Waals surface area contributed by atoms with Gasteiger partial charge in [0.05, 0.1) is 6.54 Å². The van der Waals surface area contributed by atoms with E-state index >= 15 is 0 Å². The number of aromatic nitrogens is 2. The van der Waals surface area contributed by atoms with E-state index in [1.54, 1.807) is 0 Å². The van der Waals surface area contributed by atoms with Crippen molar-refractivity contribution in [3.05, 3.63) is 18.5 Å². The van der Waals surface area contributed by atoms with Crippen molar-refractivity contribution in [2.45, 2.75) is 44.7 Å². The number of rotatable bonds is 5. The third kappa shape index (κ3) is 3.30. The van der Waals surface area contributed by atoms with Gasteiger partial charge in [-0.3, -0.25) is 4.90 Å². The average Bonchev–Trinajstić information content (AvgIpc) is 2.75. The van der Waals surface area contributed by atoms with E-state index in [1.807, 2.05) is 6.08 Å². The van der Waals surface area contributed by atoms with Crippen LogP contribution >= 0.6 is 0 Å². The Balaban J connectivity index is 1.98. The summed E-state index contributed by atoms with van der Waals surface area (Å²) in [6.07, 6.45) is 8.39. The fraction of sp³-hybridized carbons (Fsp3) is 0.667. The minimum absolute atomic E-state index is 0.141. The van der Waals surface area contributed by atoms with Crippen LogP contribution in [0.1, 0.15) is 38.0 Å². The van der Waals surface area contributed by atoms with Gasteiger partial charge in [0.25, 0.3) is 0 Å². The van der Waals surface area contributed by atoms with E-state index in [0.717, 1.165) is 6.54 Å². The van der Waals surface area contributed by atoms with Crippen molar-refractivity contribution in [2.24, 2.45) is 0 Å². The fourth-order valence-electron chi connectivity index (χ4n) is 2.46. The molecule has 1 aliphatic carbocycles. The average molecular weight is 236 g/mol. The molecule has 1 aliphatic rings. The monoisotopic (exact) mass is 236 g/mol. The van der Waals surface area contributed by atoms with Gasteiger partial charge in [0.15, 0.2) is 0 Å². The SMILES string of the molecule is C=CCN(Cc1nnc(N)o1)C1CCCCC1. The molecule has 0 aliphatic heterocycles. The summed E-state index contributed by atoms with van der Waals surface area (Å²) in [7, 11) is 0. The summed E-state index contributed by atoms with van der Waals surface area (Å²) < 4.78 is 5.23. The molecule has 1 fully saturated rings. The van der Waals surface area contributed by atoms with E-state index in [-0.39, 0.29) is 6.01 Å². The lowest BCUT2D eigenvalue weighted by atomic mass is 9.94. The number of hydrogen-bond acceptors (Lipinski definition) is 5. The van der Waals surface area contributed by atoms with Crippen LogP contribution in [-0.2, 0) is 6.54 Å². The molecule has 0 bridgehead atoms. The van der Waals surface area contributed by atoms with Crippen LogP contribution in [0.5, 0.6) is 0 Å². The van der Waals surface area contributed by atoms with Gasteiger partial charge in [-0.05, 0) is 12.8 Å². The highest BCUT2D eigenvalue weighted by molar-refractivity contribution is 5.05. The smallest absolute Gasteiger partial charge is 0.312 e. The van der Waals surface area contributed by atoms with Gasteiger partial charge in [0.2, 0.25) is 5.89 Å². The minimum atomic E-state index is 0.141. The first kappa shape index (κ1) is 12.1. The van der Waals surface area contributed by atoms with Crippen LogP contribution < -0.4 is 5.73 Å². The zero-order valence-electron chi connectivity index (χ0n) is 10.1. The van der Waals surface area contributed by atoms with E-state index < -0.39 is 0 Å². The summed E-state index contributed by atoms with van der Waals surface area (Å²) in [6, 6.07) is 0.747. The number of nitrogen functional groups attached to an aromatic ring is 1. The van der Waals surface area contributed by atoms with Gasteiger partial charge in [-0.2, -0.15) is 0 Å². The maximum atomic E-state index is 5.43.